The molecule has 198 valence electrons. The number of hydrogen-bond donors (Lipinski definition) is 1. The highest BCUT2D eigenvalue weighted by Gasteiger charge is 2.34. The van der Waals surface area contributed by atoms with Crippen LogP contribution in [0, 0.1) is 5.82 Å². The number of anilines is 1. The van der Waals surface area contributed by atoms with Gasteiger partial charge in [0.25, 0.3) is 0 Å². The second kappa shape index (κ2) is 11.5. The number of aryl methyl sites for hydroxylation is 1. The Labute approximate surface area is 208 Å². The summed E-state index contributed by atoms with van der Waals surface area (Å²) in [5.74, 6) is -2.76. The lowest BCUT2D eigenvalue weighted by atomic mass is 10.0. The molecule has 0 saturated carbocycles. The number of halogens is 7. The van der Waals surface area contributed by atoms with Crippen LogP contribution in [0.5, 0.6) is 5.75 Å². The van der Waals surface area contributed by atoms with E-state index in [0.717, 1.165) is 24.3 Å². The van der Waals surface area contributed by atoms with Crippen molar-refractivity contribution in [3.8, 4) is 5.75 Å². The van der Waals surface area contributed by atoms with Gasteiger partial charge in [-0.2, -0.15) is 13.2 Å². The average molecular weight is 528 g/mol. The second-order valence-electron chi connectivity index (χ2n) is 8.08. The molecule has 0 fully saturated rings. The zero-order valence-corrected chi connectivity index (χ0v) is 19.5. The van der Waals surface area contributed by atoms with Crippen molar-refractivity contribution in [3.05, 3.63) is 95.3 Å². The van der Waals surface area contributed by atoms with E-state index in [1.165, 1.54) is 30.1 Å². The zero-order chi connectivity index (χ0) is 27.2. The maximum atomic E-state index is 14.1. The van der Waals surface area contributed by atoms with Gasteiger partial charge in [0.2, 0.25) is 5.91 Å². The fraction of sp³-hybridized carbons (Fsp3) is 0.269. The number of nitrogens with one attached hydrogen (secondary N) is 1. The third-order valence-electron chi connectivity index (χ3n) is 5.54. The molecule has 3 rings (SSSR count). The Bertz CT molecular complexity index is 1180. The number of rotatable bonds is 9. The van der Waals surface area contributed by atoms with Gasteiger partial charge in [-0.1, -0.05) is 42.5 Å². The van der Waals surface area contributed by atoms with Gasteiger partial charge in [-0.05, 0) is 48.2 Å². The van der Waals surface area contributed by atoms with Crippen LogP contribution in [0.2, 0.25) is 0 Å². The molecule has 0 saturated heterocycles. The number of nitrogens with zero attached hydrogens (tertiary/aromatic N) is 1. The normalized spacial score (nSPS) is 12.6. The summed E-state index contributed by atoms with van der Waals surface area (Å²) in [6.45, 7) is 0.102. The number of likely N-dealkylation sites (N-methyl/N-ethyl adjacent to an activating group) is 1. The number of ether oxygens (including phenoxy) is 1. The minimum atomic E-state index is -5.13. The Morgan fingerprint density at radius 3 is 2.16 bits per heavy atom. The van der Waals surface area contributed by atoms with Gasteiger partial charge >= 0.3 is 12.5 Å². The van der Waals surface area contributed by atoms with E-state index in [4.69, 9.17) is 0 Å². The van der Waals surface area contributed by atoms with Crippen molar-refractivity contribution in [2.45, 2.75) is 31.4 Å². The molecule has 3 aromatic rings. The summed E-state index contributed by atoms with van der Waals surface area (Å²) < 4.78 is 94.9. The number of hydrogen-bond acceptors (Lipinski definition) is 3. The van der Waals surface area contributed by atoms with E-state index in [0.29, 0.717) is 24.0 Å². The molecule has 0 radical (unpaired) electrons. The molecule has 4 nitrogen and oxygen atoms in total. The number of benzene rings is 3. The van der Waals surface area contributed by atoms with E-state index in [-0.39, 0.29) is 12.2 Å². The first-order valence-electron chi connectivity index (χ1n) is 11.1. The van der Waals surface area contributed by atoms with Gasteiger partial charge in [0.05, 0.1) is 5.56 Å². The summed E-state index contributed by atoms with van der Waals surface area (Å²) in [7, 11) is 1.40. The van der Waals surface area contributed by atoms with Gasteiger partial charge in [-0.25, -0.2) is 4.39 Å². The molecule has 0 heterocycles. The summed E-state index contributed by atoms with van der Waals surface area (Å²) in [5.41, 5.74) is 0.430. The summed E-state index contributed by atoms with van der Waals surface area (Å²) in [5, 5.41) is 2.53. The predicted molar refractivity (Wildman–Crippen MR) is 123 cm³/mol. The van der Waals surface area contributed by atoms with Gasteiger partial charge in [0.1, 0.15) is 6.04 Å². The second-order valence-corrected chi connectivity index (χ2v) is 8.08. The summed E-state index contributed by atoms with van der Waals surface area (Å²) in [4.78, 5) is 14.4. The van der Waals surface area contributed by atoms with Gasteiger partial charge < -0.3 is 15.0 Å². The van der Waals surface area contributed by atoms with Crippen molar-refractivity contribution in [2.24, 2.45) is 0 Å². The Kier molecular flexibility index (Phi) is 8.67. The maximum absolute atomic E-state index is 14.1. The number of alkyl halides is 6. The minimum Gasteiger partial charge on any atom is -0.403 e. The molecule has 1 unspecified atom stereocenters. The van der Waals surface area contributed by atoms with Crippen molar-refractivity contribution in [3.63, 3.8) is 0 Å². The first-order valence-corrected chi connectivity index (χ1v) is 11.1. The summed E-state index contributed by atoms with van der Waals surface area (Å²) in [6, 6.07) is 15.0. The third kappa shape index (κ3) is 7.61. The van der Waals surface area contributed by atoms with Crippen molar-refractivity contribution < 1.29 is 40.3 Å². The van der Waals surface area contributed by atoms with Crippen LogP contribution < -0.4 is 15.0 Å². The van der Waals surface area contributed by atoms with E-state index < -0.39 is 41.6 Å². The van der Waals surface area contributed by atoms with Crippen LogP contribution in [0.15, 0.2) is 72.8 Å². The molecule has 11 heteroatoms. The molecule has 0 spiro atoms. The van der Waals surface area contributed by atoms with Gasteiger partial charge in [0.15, 0.2) is 11.6 Å². The molecule has 0 aliphatic rings. The molecule has 3 aromatic carbocycles. The van der Waals surface area contributed by atoms with Crippen LogP contribution in [0.1, 0.15) is 29.2 Å². The molecule has 37 heavy (non-hydrogen) atoms. The predicted octanol–water partition coefficient (Wildman–Crippen LogP) is 6.67. The molecule has 0 aromatic heterocycles. The lowest BCUT2D eigenvalue weighted by molar-refractivity contribution is -0.275. The first-order chi connectivity index (χ1) is 17.4. The van der Waals surface area contributed by atoms with Crippen LogP contribution in [0.4, 0.5) is 36.4 Å². The van der Waals surface area contributed by atoms with Gasteiger partial charge in [-0.3, -0.25) is 4.79 Å². The third-order valence-corrected chi connectivity index (χ3v) is 5.54. The van der Waals surface area contributed by atoms with Crippen LogP contribution in [-0.2, 0) is 17.4 Å². The smallest absolute Gasteiger partial charge is 0.403 e. The zero-order valence-electron chi connectivity index (χ0n) is 19.5. The fourth-order valence-electron chi connectivity index (χ4n) is 3.84. The average Bonchev–Trinajstić information content (AvgIpc) is 2.84. The highest BCUT2D eigenvalue weighted by atomic mass is 19.4. The minimum absolute atomic E-state index is 0.0884. The Hall–Kier alpha value is -3.76. The van der Waals surface area contributed by atoms with Crippen molar-refractivity contribution in [2.75, 3.05) is 18.5 Å². The summed E-state index contributed by atoms with van der Waals surface area (Å²) in [6.07, 6.45) is -8.97. The number of amides is 1. The largest absolute Gasteiger partial charge is 0.573 e. The highest BCUT2D eigenvalue weighted by Crippen LogP contribution is 2.34. The van der Waals surface area contributed by atoms with Crippen molar-refractivity contribution >= 4 is 11.6 Å². The van der Waals surface area contributed by atoms with Crippen LogP contribution in [-0.4, -0.2) is 25.9 Å². The molecule has 0 aliphatic heterocycles. The Morgan fingerprint density at radius 1 is 0.946 bits per heavy atom. The number of carbonyl (C=O) groups excluding carboxylic acids is 1. The molecule has 0 aliphatic carbocycles. The van der Waals surface area contributed by atoms with Gasteiger partial charge in [-0.15, -0.1) is 13.2 Å². The molecular formula is C26H23F7N2O2. The Balaban J connectivity index is 1.94. The monoisotopic (exact) mass is 528 g/mol. The lowest BCUT2D eigenvalue weighted by Crippen LogP contribution is -2.40. The summed E-state index contributed by atoms with van der Waals surface area (Å²) >= 11 is 0. The van der Waals surface area contributed by atoms with E-state index in [1.54, 1.807) is 30.3 Å². The maximum Gasteiger partial charge on any atom is 0.573 e. The molecule has 1 atom stereocenters. The SMILES string of the molecule is CNC(=O)C(c1ccccc1)N(CCCc1ccc(C(F)(F)F)cc1)c1ccc(F)c(OC(F)(F)F)c1. The van der Waals surface area contributed by atoms with Crippen LogP contribution >= 0.6 is 0 Å². The van der Waals surface area contributed by atoms with Crippen molar-refractivity contribution in [1.29, 1.82) is 0 Å². The molecule has 1 amide bonds. The fourth-order valence-corrected chi connectivity index (χ4v) is 3.84. The van der Waals surface area contributed by atoms with E-state index in [2.05, 4.69) is 10.1 Å². The molecule has 0 bridgehead atoms. The highest BCUT2D eigenvalue weighted by molar-refractivity contribution is 5.86. The molecular weight excluding hydrogens is 505 g/mol. The first kappa shape index (κ1) is 27.8. The van der Waals surface area contributed by atoms with Gasteiger partial charge in [0, 0.05) is 25.3 Å². The van der Waals surface area contributed by atoms with Crippen LogP contribution in [0.3, 0.4) is 0 Å². The topological polar surface area (TPSA) is 41.6 Å². The van der Waals surface area contributed by atoms with Crippen LogP contribution in [0.25, 0.3) is 0 Å². The van der Waals surface area contributed by atoms with Crippen molar-refractivity contribution in [1.82, 2.24) is 5.32 Å². The lowest BCUT2D eigenvalue weighted by Gasteiger charge is -2.33. The quantitative estimate of drug-likeness (QED) is 0.316. The Morgan fingerprint density at radius 2 is 1.59 bits per heavy atom. The van der Waals surface area contributed by atoms with E-state index in [9.17, 15) is 35.5 Å². The van der Waals surface area contributed by atoms with E-state index >= 15 is 0 Å². The van der Waals surface area contributed by atoms with E-state index in [1.807, 2.05) is 0 Å². The molecule has 1 N–H and O–H groups in total. The standard InChI is InChI=1S/C26H23F7N2O2/c1-34-24(36)23(18-7-3-2-4-8-18)35(20-13-14-21(27)22(16-20)37-26(31,32)33)15-5-6-17-9-11-19(12-10-17)25(28,29)30/h2-4,7-14,16,23H,5-6,15H2,1H3,(H,34,36). The number of carbonyl (C=O) groups is 1.